The molecule has 1 unspecified atom stereocenters. The standard InChI is InChI=1S/C11H12FN3S/c1-7-6-16-10(15-7)5-9(13)11-8(12)3-2-4-14-11/h2-4,6,9H,5,13H2,1H3. The summed E-state index contributed by atoms with van der Waals surface area (Å²) in [6.07, 6.45) is 2.07. The van der Waals surface area contributed by atoms with E-state index in [0.29, 0.717) is 12.1 Å². The molecule has 0 fully saturated rings. The molecule has 3 nitrogen and oxygen atoms in total. The average Bonchev–Trinajstić information content (AvgIpc) is 2.64. The van der Waals surface area contributed by atoms with Crippen LogP contribution in [0.5, 0.6) is 0 Å². The summed E-state index contributed by atoms with van der Waals surface area (Å²) in [5.41, 5.74) is 7.17. The van der Waals surface area contributed by atoms with Gasteiger partial charge in [0.15, 0.2) is 0 Å². The highest BCUT2D eigenvalue weighted by Gasteiger charge is 2.14. The van der Waals surface area contributed by atoms with Crippen molar-refractivity contribution < 1.29 is 4.39 Å². The van der Waals surface area contributed by atoms with E-state index < -0.39 is 6.04 Å². The van der Waals surface area contributed by atoms with Gasteiger partial charge in [-0.25, -0.2) is 9.37 Å². The fourth-order valence-electron chi connectivity index (χ4n) is 1.45. The van der Waals surface area contributed by atoms with Gasteiger partial charge in [0, 0.05) is 23.7 Å². The second kappa shape index (κ2) is 4.67. The Morgan fingerprint density at radius 1 is 1.56 bits per heavy atom. The van der Waals surface area contributed by atoms with Crippen LogP contribution >= 0.6 is 11.3 Å². The number of nitrogens with two attached hydrogens (primary N) is 1. The van der Waals surface area contributed by atoms with Gasteiger partial charge in [0.1, 0.15) is 5.82 Å². The Balaban J connectivity index is 2.14. The van der Waals surface area contributed by atoms with E-state index >= 15 is 0 Å². The number of aromatic nitrogens is 2. The van der Waals surface area contributed by atoms with E-state index in [1.807, 2.05) is 12.3 Å². The van der Waals surface area contributed by atoms with Crippen molar-refractivity contribution in [2.45, 2.75) is 19.4 Å². The van der Waals surface area contributed by atoms with Gasteiger partial charge in [-0.3, -0.25) is 4.98 Å². The third kappa shape index (κ3) is 2.43. The molecule has 2 heterocycles. The Bertz CT molecular complexity index is 484. The maximum atomic E-state index is 13.4. The minimum Gasteiger partial charge on any atom is -0.322 e. The van der Waals surface area contributed by atoms with Crippen molar-refractivity contribution in [2.75, 3.05) is 0 Å². The number of pyridine rings is 1. The van der Waals surface area contributed by atoms with Gasteiger partial charge in [-0.2, -0.15) is 0 Å². The zero-order valence-corrected chi connectivity index (χ0v) is 9.67. The van der Waals surface area contributed by atoms with Crippen molar-refractivity contribution in [3.8, 4) is 0 Å². The highest BCUT2D eigenvalue weighted by molar-refractivity contribution is 7.09. The van der Waals surface area contributed by atoms with Gasteiger partial charge in [0.2, 0.25) is 0 Å². The van der Waals surface area contributed by atoms with Crippen molar-refractivity contribution >= 4 is 11.3 Å². The quantitative estimate of drug-likeness (QED) is 0.890. The number of rotatable bonds is 3. The first-order valence-corrected chi connectivity index (χ1v) is 5.82. The SMILES string of the molecule is Cc1csc(CC(N)c2ncccc2F)n1. The molecule has 16 heavy (non-hydrogen) atoms. The van der Waals surface area contributed by atoms with Crippen LogP contribution in [0.1, 0.15) is 22.4 Å². The molecule has 0 aromatic carbocycles. The minimum atomic E-state index is -0.438. The van der Waals surface area contributed by atoms with Crippen LogP contribution in [0, 0.1) is 12.7 Å². The smallest absolute Gasteiger partial charge is 0.146 e. The number of nitrogens with zero attached hydrogens (tertiary/aromatic N) is 2. The lowest BCUT2D eigenvalue weighted by Gasteiger charge is -2.09. The predicted molar refractivity (Wildman–Crippen MR) is 61.7 cm³/mol. The first-order chi connectivity index (χ1) is 7.66. The van der Waals surface area contributed by atoms with Gasteiger partial charge < -0.3 is 5.73 Å². The van der Waals surface area contributed by atoms with E-state index in [-0.39, 0.29) is 5.82 Å². The monoisotopic (exact) mass is 237 g/mol. The van der Waals surface area contributed by atoms with Crippen LogP contribution in [0.4, 0.5) is 4.39 Å². The molecule has 0 aliphatic rings. The van der Waals surface area contributed by atoms with Crippen molar-refractivity contribution in [1.29, 1.82) is 0 Å². The fourth-order valence-corrected chi connectivity index (χ4v) is 2.28. The number of halogens is 1. The summed E-state index contributed by atoms with van der Waals surface area (Å²) in [4.78, 5) is 8.25. The van der Waals surface area contributed by atoms with Crippen LogP contribution in [-0.4, -0.2) is 9.97 Å². The molecule has 2 rings (SSSR count). The van der Waals surface area contributed by atoms with Gasteiger partial charge in [-0.05, 0) is 19.1 Å². The molecule has 0 saturated heterocycles. The lowest BCUT2D eigenvalue weighted by atomic mass is 10.1. The lowest BCUT2D eigenvalue weighted by molar-refractivity contribution is 0.563. The number of hydrogen-bond acceptors (Lipinski definition) is 4. The molecule has 0 bridgehead atoms. The van der Waals surface area contributed by atoms with E-state index in [2.05, 4.69) is 9.97 Å². The third-order valence-electron chi connectivity index (χ3n) is 2.20. The van der Waals surface area contributed by atoms with Crippen LogP contribution in [-0.2, 0) is 6.42 Å². The molecule has 0 amide bonds. The van der Waals surface area contributed by atoms with Gasteiger partial charge in [-0.1, -0.05) is 0 Å². The summed E-state index contributed by atoms with van der Waals surface area (Å²) in [7, 11) is 0. The molecule has 84 valence electrons. The highest BCUT2D eigenvalue weighted by atomic mass is 32.1. The van der Waals surface area contributed by atoms with E-state index in [0.717, 1.165) is 10.7 Å². The second-order valence-electron chi connectivity index (χ2n) is 3.56. The third-order valence-corrected chi connectivity index (χ3v) is 3.19. The molecule has 5 heteroatoms. The lowest BCUT2D eigenvalue weighted by Crippen LogP contribution is -2.16. The first-order valence-electron chi connectivity index (χ1n) is 4.94. The second-order valence-corrected chi connectivity index (χ2v) is 4.51. The van der Waals surface area contributed by atoms with E-state index in [1.54, 1.807) is 12.3 Å². The molecule has 2 aromatic heterocycles. The van der Waals surface area contributed by atoms with Gasteiger partial charge >= 0.3 is 0 Å². The summed E-state index contributed by atoms with van der Waals surface area (Å²) < 4.78 is 13.4. The van der Waals surface area contributed by atoms with Gasteiger partial charge in [-0.15, -0.1) is 11.3 Å². The van der Waals surface area contributed by atoms with E-state index in [9.17, 15) is 4.39 Å². The largest absolute Gasteiger partial charge is 0.322 e. The Morgan fingerprint density at radius 3 is 3.00 bits per heavy atom. The highest BCUT2D eigenvalue weighted by Crippen LogP contribution is 2.19. The molecule has 1 atom stereocenters. The van der Waals surface area contributed by atoms with Crippen molar-refractivity contribution in [1.82, 2.24) is 9.97 Å². The van der Waals surface area contributed by atoms with Crippen molar-refractivity contribution in [3.05, 3.63) is 45.9 Å². The van der Waals surface area contributed by atoms with Gasteiger partial charge in [0.05, 0.1) is 16.7 Å². The van der Waals surface area contributed by atoms with Crippen LogP contribution in [0.25, 0.3) is 0 Å². The number of aryl methyl sites for hydroxylation is 1. The summed E-state index contributed by atoms with van der Waals surface area (Å²) in [6, 6.07) is 2.49. The number of hydrogen-bond donors (Lipinski definition) is 1. The Labute approximate surface area is 97.2 Å². The fraction of sp³-hybridized carbons (Fsp3) is 0.273. The average molecular weight is 237 g/mol. The zero-order chi connectivity index (χ0) is 11.5. The number of thiazole rings is 1. The van der Waals surface area contributed by atoms with Gasteiger partial charge in [0.25, 0.3) is 0 Å². The predicted octanol–water partition coefficient (Wildman–Crippen LogP) is 2.23. The normalized spacial score (nSPS) is 12.7. The maximum absolute atomic E-state index is 13.4. The van der Waals surface area contributed by atoms with Crippen LogP contribution < -0.4 is 5.73 Å². The zero-order valence-electron chi connectivity index (χ0n) is 8.85. The van der Waals surface area contributed by atoms with E-state index in [1.165, 1.54) is 17.4 Å². The molecular formula is C11H12FN3S. The van der Waals surface area contributed by atoms with Crippen LogP contribution in [0.3, 0.4) is 0 Å². The summed E-state index contributed by atoms with van der Waals surface area (Å²) >= 11 is 1.54. The van der Waals surface area contributed by atoms with Crippen LogP contribution in [0.2, 0.25) is 0 Å². The summed E-state index contributed by atoms with van der Waals surface area (Å²) in [6.45, 7) is 1.92. The summed E-state index contributed by atoms with van der Waals surface area (Å²) in [5, 5.41) is 2.87. The Hall–Kier alpha value is -1.33. The molecule has 2 N–H and O–H groups in total. The maximum Gasteiger partial charge on any atom is 0.146 e. The molecule has 0 aliphatic carbocycles. The first kappa shape index (κ1) is 11.2. The van der Waals surface area contributed by atoms with E-state index in [4.69, 9.17) is 5.73 Å². The summed E-state index contributed by atoms with van der Waals surface area (Å²) in [5.74, 6) is -0.358. The molecule has 2 aromatic rings. The molecule has 0 aliphatic heterocycles. The van der Waals surface area contributed by atoms with Crippen molar-refractivity contribution in [3.63, 3.8) is 0 Å². The minimum absolute atomic E-state index is 0.301. The molecular weight excluding hydrogens is 225 g/mol. The molecule has 0 radical (unpaired) electrons. The molecule has 0 spiro atoms. The molecule has 0 saturated carbocycles. The van der Waals surface area contributed by atoms with Crippen molar-refractivity contribution in [2.24, 2.45) is 5.73 Å². The van der Waals surface area contributed by atoms with Crippen LogP contribution in [0.15, 0.2) is 23.7 Å². The Morgan fingerprint density at radius 2 is 2.38 bits per heavy atom. The Kier molecular flexibility index (Phi) is 3.26. The topological polar surface area (TPSA) is 51.8 Å².